The number of anilines is 1. The highest BCUT2D eigenvalue weighted by atomic mass is 16.3. The van der Waals surface area contributed by atoms with E-state index in [-0.39, 0.29) is 23.4 Å². The number of allylic oxidation sites excluding steroid dienone is 8. The summed E-state index contributed by atoms with van der Waals surface area (Å²) < 4.78 is 0. The van der Waals surface area contributed by atoms with Gasteiger partial charge in [-0.25, -0.2) is 9.98 Å². The predicted molar refractivity (Wildman–Crippen MR) is 171 cm³/mol. The van der Waals surface area contributed by atoms with Gasteiger partial charge >= 0.3 is 0 Å². The molecule has 4 aromatic rings. The maximum Gasteiger partial charge on any atom is 0.157 e. The fraction of sp³-hybridized carbons (Fsp3) is 0.0556. The number of hydrogen-bond acceptors (Lipinski definition) is 8. The van der Waals surface area contributed by atoms with Crippen molar-refractivity contribution in [2.75, 3.05) is 5.32 Å². The van der Waals surface area contributed by atoms with E-state index < -0.39 is 0 Å². The molecule has 2 unspecified atom stereocenters. The molecule has 5 aliphatic rings. The average Bonchev–Trinajstić information content (AvgIpc) is 3.08. The maximum atomic E-state index is 11.6. The molecule has 8 nitrogen and oxygen atoms in total. The monoisotopic (exact) mass is 572 g/mol. The Kier molecular flexibility index (Phi) is 5.16. The van der Waals surface area contributed by atoms with Crippen molar-refractivity contribution in [2.24, 2.45) is 21.8 Å². The molecule has 0 amide bonds. The fourth-order valence-electron chi connectivity index (χ4n) is 6.74. The van der Waals surface area contributed by atoms with Gasteiger partial charge in [0.2, 0.25) is 0 Å². The second kappa shape index (κ2) is 9.24. The van der Waals surface area contributed by atoms with Gasteiger partial charge in [0.1, 0.15) is 22.9 Å². The van der Waals surface area contributed by atoms with Crippen LogP contribution in [0.25, 0.3) is 16.3 Å². The van der Waals surface area contributed by atoms with Crippen LogP contribution in [0.5, 0.6) is 0 Å². The van der Waals surface area contributed by atoms with Crippen LogP contribution in [-0.4, -0.2) is 31.9 Å². The van der Waals surface area contributed by atoms with Crippen LogP contribution in [-0.2, 0) is 0 Å². The fourth-order valence-corrected chi connectivity index (χ4v) is 6.74. The molecule has 0 bridgehead atoms. The van der Waals surface area contributed by atoms with Crippen LogP contribution >= 0.6 is 0 Å². The topological polar surface area (TPSA) is 115 Å². The summed E-state index contributed by atoms with van der Waals surface area (Å²) >= 11 is 0. The van der Waals surface area contributed by atoms with Gasteiger partial charge in [-0.15, -0.1) is 0 Å². The van der Waals surface area contributed by atoms with E-state index >= 15 is 0 Å². The van der Waals surface area contributed by atoms with Crippen molar-refractivity contribution in [1.29, 1.82) is 0 Å². The van der Waals surface area contributed by atoms with Gasteiger partial charge in [0, 0.05) is 52.1 Å². The van der Waals surface area contributed by atoms with Crippen molar-refractivity contribution >= 4 is 39.4 Å². The van der Waals surface area contributed by atoms with Gasteiger partial charge in [0.15, 0.2) is 11.7 Å². The number of aliphatic hydroxyl groups excluding tert-OH is 2. The minimum Gasteiger partial charge on any atom is -0.507 e. The van der Waals surface area contributed by atoms with Crippen molar-refractivity contribution in [3.63, 3.8) is 0 Å². The number of hydrogen-bond donors (Lipinski definition) is 4. The van der Waals surface area contributed by atoms with Crippen molar-refractivity contribution in [1.82, 2.24) is 15.3 Å². The van der Waals surface area contributed by atoms with E-state index in [1.54, 1.807) is 12.4 Å². The van der Waals surface area contributed by atoms with E-state index in [0.717, 1.165) is 56.1 Å². The number of rotatable bonds is 4. The van der Waals surface area contributed by atoms with E-state index in [1.165, 1.54) is 0 Å². The third kappa shape index (κ3) is 3.51. The first-order valence-corrected chi connectivity index (χ1v) is 14.4. The van der Waals surface area contributed by atoms with Gasteiger partial charge in [0.25, 0.3) is 0 Å². The highest BCUT2D eigenvalue weighted by Gasteiger charge is 2.42. The Balaban J connectivity index is 1.08. The second-order valence-corrected chi connectivity index (χ2v) is 11.1. The summed E-state index contributed by atoms with van der Waals surface area (Å²) in [6, 6.07) is 21.3. The molecule has 210 valence electrons. The Morgan fingerprint density at radius 1 is 0.682 bits per heavy atom. The lowest BCUT2D eigenvalue weighted by molar-refractivity contribution is 0.346. The van der Waals surface area contributed by atoms with Gasteiger partial charge in [-0.1, -0.05) is 48.6 Å². The first kappa shape index (κ1) is 24.6. The maximum absolute atomic E-state index is 11.6. The van der Waals surface area contributed by atoms with Crippen molar-refractivity contribution in [3.8, 4) is 0 Å². The van der Waals surface area contributed by atoms with Crippen LogP contribution < -0.4 is 10.6 Å². The average molecular weight is 573 g/mol. The normalized spacial score (nSPS) is 21.2. The van der Waals surface area contributed by atoms with E-state index in [2.05, 4.69) is 26.7 Å². The van der Waals surface area contributed by atoms with Crippen molar-refractivity contribution < 1.29 is 10.2 Å². The van der Waals surface area contributed by atoms with Crippen LogP contribution in [0.2, 0.25) is 0 Å². The first-order valence-electron chi connectivity index (χ1n) is 14.4. The van der Waals surface area contributed by atoms with Gasteiger partial charge in [-0.05, 0) is 59.5 Å². The number of nitrogens with one attached hydrogen (secondary N) is 2. The van der Waals surface area contributed by atoms with Crippen LogP contribution in [0, 0.1) is 11.8 Å². The number of benzene rings is 2. The molecule has 8 heteroatoms. The summed E-state index contributed by atoms with van der Waals surface area (Å²) in [6.07, 6.45) is 13.6. The summed E-state index contributed by atoms with van der Waals surface area (Å²) in [5, 5.41) is 31.8. The molecular weight excluding hydrogens is 548 g/mol. The molecule has 0 fully saturated rings. The summed E-state index contributed by atoms with van der Waals surface area (Å²) in [4.78, 5) is 18.6. The van der Waals surface area contributed by atoms with Gasteiger partial charge in [0.05, 0.1) is 17.0 Å². The summed E-state index contributed by atoms with van der Waals surface area (Å²) in [7, 11) is 0. The molecule has 2 aromatic carbocycles. The number of aliphatic imine (C=N–C) groups is 2. The Labute approximate surface area is 252 Å². The molecule has 4 heterocycles. The molecule has 3 aliphatic carbocycles. The molecule has 0 saturated heterocycles. The smallest absolute Gasteiger partial charge is 0.157 e. The lowest BCUT2D eigenvalue weighted by Crippen LogP contribution is -2.36. The zero-order chi connectivity index (χ0) is 29.4. The summed E-state index contributed by atoms with van der Waals surface area (Å²) in [5.74, 6) is 1.23. The van der Waals surface area contributed by atoms with E-state index in [0.29, 0.717) is 22.8 Å². The second-order valence-electron chi connectivity index (χ2n) is 11.1. The lowest BCUT2D eigenvalue weighted by atomic mass is 9.69. The third-order valence-corrected chi connectivity index (χ3v) is 8.72. The SMILES string of the molecule is OC1=C(c2ccc3c4c(cccc24)NC(c2ccccn2)=N3)C(O)=C1C1C=CC2=C3C(=CC=CC31)NC(c1ccccn1)=N2. The minimum atomic E-state index is -0.252. The molecule has 2 aromatic heterocycles. The van der Waals surface area contributed by atoms with E-state index in [9.17, 15) is 10.2 Å². The Bertz CT molecular complexity index is 2190. The first-order chi connectivity index (χ1) is 21.7. The Morgan fingerprint density at radius 3 is 2.20 bits per heavy atom. The van der Waals surface area contributed by atoms with Crippen molar-refractivity contribution in [2.45, 2.75) is 0 Å². The number of nitrogens with zero attached hydrogens (tertiary/aromatic N) is 4. The zero-order valence-corrected chi connectivity index (χ0v) is 23.2. The Morgan fingerprint density at radius 2 is 1.45 bits per heavy atom. The quantitative estimate of drug-likeness (QED) is 0.214. The molecule has 44 heavy (non-hydrogen) atoms. The molecule has 0 radical (unpaired) electrons. The van der Waals surface area contributed by atoms with Crippen LogP contribution in [0.15, 0.2) is 154 Å². The number of aromatic nitrogens is 2. The lowest BCUT2D eigenvalue weighted by Gasteiger charge is -2.38. The number of aliphatic hydroxyl groups is 2. The number of pyridine rings is 2. The molecular formula is C36H24N6O2. The van der Waals surface area contributed by atoms with Crippen LogP contribution in [0.1, 0.15) is 17.0 Å². The molecule has 0 saturated carbocycles. The summed E-state index contributed by atoms with van der Waals surface area (Å²) in [6.45, 7) is 0. The van der Waals surface area contributed by atoms with Crippen LogP contribution in [0.4, 0.5) is 11.4 Å². The standard InChI is InChI=1S/C36H24N6O2/c43-33-31(21-13-15-25-29-19(21)7-5-11-23(29)39-35(41-25)27-9-1-3-17-37-27)34(44)32(33)22-14-16-26-30-20(22)8-6-12-24(30)40-36(42-26)28-10-2-4-18-38-28/h1-19,21,43-44H,(H,39,41)(H,40,42). The minimum absolute atomic E-state index is 0.0998. The van der Waals surface area contributed by atoms with E-state index in [1.807, 2.05) is 91.0 Å². The third-order valence-electron chi connectivity index (χ3n) is 8.72. The predicted octanol–water partition coefficient (Wildman–Crippen LogP) is 6.79. The van der Waals surface area contributed by atoms with Gasteiger partial charge in [-0.3, -0.25) is 9.97 Å². The van der Waals surface area contributed by atoms with Gasteiger partial charge in [-0.2, -0.15) is 0 Å². The highest BCUT2D eigenvalue weighted by Crippen LogP contribution is 2.52. The Hall–Kier alpha value is -6.02. The largest absolute Gasteiger partial charge is 0.507 e. The van der Waals surface area contributed by atoms with Crippen molar-refractivity contribution in [3.05, 3.63) is 161 Å². The molecule has 2 atom stereocenters. The number of amidine groups is 2. The zero-order valence-electron chi connectivity index (χ0n) is 23.2. The van der Waals surface area contributed by atoms with E-state index in [4.69, 9.17) is 9.98 Å². The molecule has 9 rings (SSSR count). The molecule has 0 spiro atoms. The molecule has 2 aliphatic heterocycles. The van der Waals surface area contributed by atoms with Crippen LogP contribution in [0.3, 0.4) is 0 Å². The van der Waals surface area contributed by atoms with Gasteiger partial charge < -0.3 is 20.8 Å². The molecule has 4 N–H and O–H groups in total. The highest BCUT2D eigenvalue weighted by molar-refractivity contribution is 6.20. The summed E-state index contributed by atoms with van der Waals surface area (Å²) in [5.41, 5.74) is 7.80.